The summed E-state index contributed by atoms with van der Waals surface area (Å²) in [6, 6.07) is 4.64. The van der Waals surface area contributed by atoms with Crippen molar-refractivity contribution in [1.29, 1.82) is 0 Å². The van der Waals surface area contributed by atoms with Gasteiger partial charge in [0.05, 0.1) is 4.90 Å². The molecule has 0 aliphatic heterocycles. The first-order valence-electron chi connectivity index (χ1n) is 5.21. The SMILES string of the molecule is Cc1cccc(S(N)(=O)=O)c1C1CC(F)(F)C1. The van der Waals surface area contributed by atoms with Crippen LogP contribution < -0.4 is 5.14 Å². The molecule has 1 aromatic carbocycles. The summed E-state index contributed by atoms with van der Waals surface area (Å²) in [4.78, 5) is -0.0296. The third-order valence-corrected chi connectivity index (χ3v) is 4.06. The van der Waals surface area contributed by atoms with Crippen LogP contribution in [0.3, 0.4) is 0 Å². The summed E-state index contributed by atoms with van der Waals surface area (Å²) in [5, 5.41) is 5.10. The van der Waals surface area contributed by atoms with Crippen molar-refractivity contribution in [2.24, 2.45) is 5.14 Å². The molecule has 0 atom stereocenters. The van der Waals surface area contributed by atoms with E-state index in [2.05, 4.69) is 0 Å². The fourth-order valence-corrected chi connectivity index (χ4v) is 3.19. The highest BCUT2D eigenvalue weighted by Crippen LogP contribution is 2.50. The van der Waals surface area contributed by atoms with Crippen LogP contribution in [0.2, 0.25) is 0 Å². The first-order valence-corrected chi connectivity index (χ1v) is 6.75. The lowest BCUT2D eigenvalue weighted by Crippen LogP contribution is -2.35. The molecule has 0 spiro atoms. The molecule has 0 saturated heterocycles. The van der Waals surface area contributed by atoms with Crippen LogP contribution in [0, 0.1) is 6.92 Å². The molecular formula is C11H13F2NO2S. The maximum absolute atomic E-state index is 12.9. The highest BCUT2D eigenvalue weighted by Gasteiger charge is 2.47. The average molecular weight is 261 g/mol. The van der Waals surface area contributed by atoms with Crippen LogP contribution in [0.4, 0.5) is 8.78 Å². The summed E-state index contributed by atoms with van der Waals surface area (Å²) in [6.07, 6.45) is -0.610. The summed E-state index contributed by atoms with van der Waals surface area (Å²) >= 11 is 0. The van der Waals surface area contributed by atoms with Gasteiger partial charge in [-0.25, -0.2) is 22.3 Å². The topological polar surface area (TPSA) is 60.2 Å². The smallest absolute Gasteiger partial charge is 0.225 e. The second-order valence-electron chi connectivity index (χ2n) is 4.49. The quantitative estimate of drug-likeness (QED) is 0.886. The number of hydrogen-bond acceptors (Lipinski definition) is 2. The first kappa shape index (κ1) is 12.4. The Morgan fingerprint density at radius 2 is 1.94 bits per heavy atom. The van der Waals surface area contributed by atoms with E-state index < -0.39 is 21.9 Å². The Kier molecular flexibility index (Phi) is 2.74. The number of sulfonamides is 1. The molecule has 1 aliphatic carbocycles. The van der Waals surface area contributed by atoms with Gasteiger partial charge in [0.1, 0.15) is 0 Å². The summed E-state index contributed by atoms with van der Waals surface area (Å²) in [5.41, 5.74) is 1.14. The van der Waals surface area contributed by atoms with E-state index in [9.17, 15) is 17.2 Å². The first-order chi connectivity index (χ1) is 7.71. The van der Waals surface area contributed by atoms with Gasteiger partial charge in [-0.1, -0.05) is 12.1 Å². The van der Waals surface area contributed by atoms with Gasteiger partial charge in [0.2, 0.25) is 15.9 Å². The Bertz CT molecular complexity index is 547. The molecule has 0 radical (unpaired) electrons. The summed E-state index contributed by atoms with van der Waals surface area (Å²) < 4.78 is 48.5. The van der Waals surface area contributed by atoms with Crippen LogP contribution >= 0.6 is 0 Å². The third-order valence-electron chi connectivity index (χ3n) is 3.09. The van der Waals surface area contributed by atoms with Crippen LogP contribution in [0.15, 0.2) is 23.1 Å². The van der Waals surface area contributed by atoms with Crippen LogP contribution in [0.5, 0.6) is 0 Å². The average Bonchev–Trinajstić information content (AvgIpc) is 2.12. The van der Waals surface area contributed by atoms with Crippen molar-refractivity contribution in [2.75, 3.05) is 0 Å². The normalized spacial score (nSPS) is 20.0. The van der Waals surface area contributed by atoms with E-state index in [1.165, 1.54) is 6.07 Å². The third kappa shape index (κ3) is 2.32. The lowest BCUT2D eigenvalue weighted by molar-refractivity contribution is -0.0874. The van der Waals surface area contributed by atoms with Gasteiger partial charge in [0.25, 0.3) is 0 Å². The number of primary sulfonamides is 1. The number of nitrogens with two attached hydrogens (primary N) is 1. The summed E-state index contributed by atoms with van der Waals surface area (Å²) in [6.45, 7) is 1.71. The zero-order valence-corrected chi connectivity index (χ0v) is 10.1. The summed E-state index contributed by atoms with van der Waals surface area (Å²) in [5.74, 6) is -3.10. The molecule has 1 aromatic rings. The van der Waals surface area contributed by atoms with E-state index in [1.807, 2.05) is 0 Å². The minimum absolute atomic E-state index is 0.0296. The minimum atomic E-state index is -3.86. The lowest BCUT2D eigenvalue weighted by Gasteiger charge is -2.36. The molecule has 6 heteroatoms. The second-order valence-corrected chi connectivity index (χ2v) is 6.02. The monoisotopic (exact) mass is 261 g/mol. The Labute approximate surface area is 98.7 Å². The molecule has 0 amide bonds. The maximum atomic E-state index is 12.9. The predicted molar refractivity (Wildman–Crippen MR) is 59.5 cm³/mol. The number of aryl methyl sites for hydroxylation is 1. The Balaban J connectivity index is 2.47. The fourth-order valence-electron chi connectivity index (χ4n) is 2.29. The van der Waals surface area contributed by atoms with Crippen molar-refractivity contribution in [3.63, 3.8) is 0 Å². The van der Waals surface area contributed by atoms with Crippen LogP contribution in [0.1, 0.15) is 29.9 Å². The number of alkyl halides is 2. The molecule has 94 valence electrons. The van der Waals surface area contributed by atoms with Gasteiger partial charge in [0.15, 0.2) is 0 Å². The van der Waals surface area contributed by atoms with Crippen molar-refractivity contribution >= 4 is 10.0 Å². The second kappa shape index (κ2) is 3.74. The molecule has 1 saturated carbocycles. The molecular weight excluding hydrogens is 248 g/mol. The van der Waals surface area contributed by atoms with E-state index in [-0.39, 0.29) is 17.7 Å². The number of rotatable bonds is 2. The minimum Gasteiger partial charge on any atom is -0.225 e. The van der Waals surface area contributed by atoms with Gasteiger partial charge in [-0.05, 0) is 30.0 Å². The van der Waals surface area contributed by atoms with Gasteiger partial charge < -0.3 is 0 Å². The van der Waals surface area contributed by atoms with E-state index in [0.29, 0.717) is 11.1 Å². The Hall–Kier alpha value is -1.01. The van der Waals surface area contributed by atoms with Crippen molar-refractivity contribution < 1.29 is 17.2 Å². The predicted octanol–water partition coefficient (Wildman–Crippen LogP) is 2.16. The van der Waals surface area contributed by atoms with Crippen LogP contribution in [0.25, 0.3) is 0 Å². The molecule has 0 unspecified atom stereocenters. The van der Waals surface area contributed by atoms with E-state index in [4.69, 9.17) is 5.14 Å². The number of benzene rings is 1. The van der Waals surface area contributed by atoms with Gasteiger partial charge >= 0.3 is 0 Å². The highest BCUT2D eigenvalue weighted by molar-refractivity contribution is 7.89. The lowest BCUT2D eigenvalue weighted by atomic mass is 9.75. The maximum Gasteiger partial charge on any atom is 0.249 e. The van der Waals surface area contributed by atoms with E-state index in [1.54, 1.807) is 19.1 Å². The number of hydrogen-bond donors (Lipinski definition) is 1. The van der Waals surface area contributed by atoms with Crippen LogP contribution in [-0.2, 0) is 10.0 Å². The Morgan fingerprint density at radius 3 is 2.41 bits per heavy atom. The van der Waals surface area contributed by atoms with Crippen molar-refractivity contribution in [3.05, 3.63) is 29.3 Å². The van der Waals surface area contributed by atoms with Gasteiger partial charge in [-0.15, -0.1) is 0 Å². The Morgan fingerprint density at radius 1 is 1.35 bits per heavy atom. The van der Waals surface area contributed by atoms with Crippen molar-refractivity contribution in [1.82, 2.24) is 0 Å². The number of halogens is 2. The molecule has 2 rings (SSSR count). The van der Waals surface area contributed by atoms with Crippen LogP contribution in [-0.4, -0.2) is 14.3 Å². The van der Waals surface area contributed by atoms with Crippen molar-refractivity contribution in [2.45, 2.75) is 36.5 Å². The molecule has 0 heterocycles. The molecule has 0 aromatic heterocycles. The van der Waals surface area contributed by atoms with Gasteiger partial charge in [-0.3, -0.25) is 0 Å². The van der Waals surface area contributed by atoms with Gasteiger partial charge in [0, 0.05) is 12.8 Å². The van der Waals surface area contributed by atoms with Gasteiger partial charge in [-0.2, -0.15) is 0 Å². The largest absolute Gasteiger partial charge is 0.249 e. The molecule has 0 bridgehead atoms. The molecule has 1 fully saturated rings. The van der Waals surface area contributed by atoms with Crippen molar-refractivity contribution in [3.8, 4) is 0 Å². The zero-order chi connectivity index (χ0) is 12.8. The zero-order valence-electron chi connectivity index (χ0n) is 9.28. The van der Waals surface area contributed by atoms with E-state index >= 15 is 0 Å². The fraction of sp³-hybridized carbons (Fsp3) is 0.455. The molecule has 2 N–H and O–H groups in total. The standard InChI is InChI=1S/C11H13F2NO2S/c1-7-3-2-4-9(17(14,15)16)10(7)8-5-11(12,13)6-8/h2-4,8H,5-6H2,1H3,(H2,14,15,16). The molecule has 3 nitrogen and oxygen atoms in total. The molecule has 1 aliphatic rings. The molecule has 17 heavy (non-hydrogen) atoms. The highest BCUT2D eigenvalue weighted by atomic mass is 32.2. The van der Waals surface area contributed by atoms with E-state index in [0.717, 1.165) is 0 Å². The summed E-state index contributed by atoms with van der Waals surface area (Å²) in [7, 11) is -3.86.